The maximum Gasteiger partial charge on any atom is 0.276 e. The van der Waals surface area contributed by atoms with E-state index in [0.29, 0.717) is 5.56 Å². The molecule has 0 radical (unpaired) electrons. The Morgan fingerprint density at radius 1 is 1.14 bits per heavy atom. The monoisotopic (exact) mass is 384 g/mol. The van der Waals surface area contributed by atoms with E-state index in [4.69, 9.17) is 0 Å². The van der Waals surface area contributed by atoms with Crippen LogP contribution in [0.25, 0.3) is 0 Å². The molecule has 0 aromatic heterocycles. The van der Waals surface area contributed by atoms with Crippen LogP contribution in [0.4, 0.5) is 0 Å². The van der Waals surface area contributed by atoms with Gasteiger partial charge in [0.2, 0.25) is 0 Å². The molecule has 0 aliphatic rings. The number of sulfonamides is 1. The molecule has 3 N–H and O–H groups in total. The largest absolute Gasteiger partial charge is 0.508 e. The highest BCUT2D eigenvalue weighted by molar-refractivity contribution is 9.10. The minimum absolute atomic E-state index is 0.0715. The zero-order valence-corrected chi connectivity index (χ0v) is 13.9. The Hall–Kier alpha value is -2.06. The van der Waals surface area contributed by atoms with Gasteiger partial charge in [-0.3, -0.25) is 0 Å². The number of phenols is 2. The van der Waals surface area contributed by atoms with E-state index >= 15 is 0 Å². The molecule has 0 unspecified atom stereocenters. The first kappa shape index (κ1) is 16.3. The number of hydrogen-bond donors (Lipinski definition) is 3. The molecular formula is C14H13BrN2O4S. The molecule has 0 bridgehead atoms. The molecule has 2 aromatic rings. The van der Waals surface area contributed by atoms with Crippen molar-refractivity contribution in [3.8, 4) is 11.5 Å². The smallest absolute Gasteiger partial charge is 0.276 e. The maximum atomic E-state index is 12.1. The Balaban J connectivity index is 2.24. The summed E-state index contributed by atoms with van der Waals surface area (Å²) in [5.74, 6) is -0.284. The van der Waals surface area contributed by atoms with Gasteiger partial charge < -0.3 is 10.2 Å². The van der Waals surface area contributed by atoms with Crippen LogP contribution in [0.15, 0.2) is 56.9 Å². The fourth-order valence-electron chi connectivity index (χ4n) is 1.68. The van der Waals surface area contributed by atoms with Crippen LogP contribution in [-0.2, 0) is 10.0 Å². The van der Waals surface area contributed by atoms with Crippen LogP contribution in [0.3, 0.4) is 0 Å². The third-order valence-electron chi connectivity index (χ3n) is 2.83. The predicted octanol–water partition coefficient (Wildman–Crippen LogP) is 2.56. The van der Waals surface area contributed by atoms with E-state index in [-0.39, 0.29) is 22.1 Å². The lowest BCUT2D eigenvalue weighted by Crippen LogP contribution is -2.19. The lowest BCUT2D eigenvalue weighted by Gasteiger charge is -2.07. The van der Waals surface area contributed by atoms with Crippen molar-refractivity contribution in [1.82, 2.24) is 4.83 Å². The zero-order chi connectivity index (χ0) is 16.3. The average molecular weight is 385 g/mol. The van der Waals surface area contributed by atoms with E-state index in [1.165, 1.54) is 31.2 Å². The highest BCUT2D eigenvalue weighted by Gasteiger charge is 2.13. The minimum atomic E-state index is -3.79. The van der Waals surface area contributed by atoms with Gasteiger partial charge in [0.1, 0.15) is 11.5 Å². The van der Waals surface area contributed by atoms with E-state index in [1.54, 1.807) is 12.1 Å². The molecule has 0 aliphatic carbocycles. The molecule has 6 nitrogen and oxygen atoms in total. The Labute approximate surface area is 136 Å². The first-order valence-corrected chi connectivity index (χ1v) is 8.41. The molecule has 0 heterocycles. The first-order valence-electron chi connectivity index (χ1n) is 6.13. The topological polar surface area (TPSA) is 99.0 Å². The molecule has 0 spiro atoms. The highest BCUT2D eigenvalue weighted by atomic mass is 79.9. The third kappa shape index (κ3) is 3.77. The SMILES string of the molecule is C/C(=N\NS(=O)(=O)c1ccc(Br)cc1)c1ccc(O)cc1O. The number of nitrogens with zero attached hydrogens (tertiary/aromatic N) is 1. The number of aromatic hydroxyl groups is 2. The molecule has 22 heavy (non-hydrogen) atoms. The summed E-state index contributed by atoms with van der Waals surface area (Å²) in [6, 6.07) is 10.1. The van der Waals surface area contributed by atoms with Gasteiger partial charge in [-0.25, -0.2) is 0 Å². The van der Waals surface area contributed by atoms with Crippen molar-refractivity contribution in [3.05, 3.63) is 52.5 Å². The van der Waals surface area contributed by atoms with Gasteiger partial charge in [-0.15, -0.1) is 0 Å². The fourth-order valence-corrected chi connectivity index (χ4v) is 2.80. The van der Waals surface area contributed by atoms with Gasteiger partial charge in [0.15, 0.2) is 0 Å². The van der Waals surface area contributed by atoms with Gasteiger partial charge in [-0.2, -0.15) is 18.4 Å². The van der Waals surface area contributed by atoms with Crippen molar-refractivity contribution in [1.29, 1.82) is 0 Å². The molecule has 0 saturated carbocycles. The van der Waals surface area contributed by atoms with Crippen molar-refractivity contribution >= 4 is 31.7 Å². The summed E-state index contributed by atoms with van der Waals surface area (Å²) in [6.45, 7) is 1.54. The van der Waals surface area contributed by atoms with Gasteiger partial charge in [-0.05, 0) is 43.3 Å². The van der Waals surface area contributed by atoms with E-state index in [9.17, 15) is 18.6 Å². The zero-order valence-electron chi connectivity index (χ0n) is 11.5. The lowest BCUT2D eigenvalue weighted by atomic mass is 10.1. The van der Waals surface area contributed by atoms with Gasteiger partial charge in [0, 0.05) is 16.1 Å². The van der Waals surface area contributed by atoms with Gasteiger partial charge >= 0.3 is 0 Å². The molecule has 0 atom stereocenters. The van der Waals surface area contributed by atoms with Crippen LogP contribution in [0, 0.1) is 0 Å². The van der Waals surface area contributed by atoms with Crippen LogP contribution in [0.2, 0.25) is 0 Å². The number of nitrogens with one attached hydrogen (secondary N) is 1. The van der Waals surface area contributed by atoms with Crippen LogP contribution in [0.5, 0.6) is 11.5 Å². The molecule has 2 aromatic carbocycles. The molecule has 0 amide bonds. The first-order chi connectivity index (χ1) is 10.3. The summed E-state index contributed by atoms with van der Waals surface area (Å²) in [4.78, 5) is 2.18. The normalized spacial score (nSPS) is 12.2. The summed E-state index contributed by atoms with van der Waals surface area (Å²) in [6.07, 6.45) is 0. The Morgan fingerprint density at radius 2 is 1.77 bits per heavy atom. The van der Waals surface area contributed by atoms with Gasteiger partial charge in [0.05, 0.1) is 10.6 Å². The van der Waals surface area contributed by atoms with Crippen molar-refractivity contribution in [2.24, 2.45) is 5.10 Å². The Morgan fingerprint density at radius 3 is 2.36 bits per heavy atom. The molecular weight excluding hydrogens is 372 g/mol. The highest BCUT2D eigenvalue weighted by Crippen LogP contribution is 2.23. The second kappa shape index (κ2) is 6.37. The number of hydrazone groups is 1. The maximum absolute atomic E-state index is 12.1. The van der Waals surface area contributed by atoms with Crippen molar-refractivity contribution in [2.45, 2.75) is 11.8 Å². The second-order valence-corrected chi connectivity index (χ2v) is 7.02. The van der Waals surface area contributed by atoms with E-state index in [2.05, 4.69) is 25.9 Å². The van der Waals surface area contributed by atoms with Gasteiger partial charge in [0.25, 0.3) is 10.0 Å². The molecule has 8 heteroatoms. The molecule has 0 saturated heterocycles. The summed E-state index contributed by atoms with van der Waals surface area (Å²) in [5.41, 5.74) is 0.578. The van der Waals surface area contributed by atoms with Crippen molar-refractivity contribution in [3.63, 3.8) is 0 Å². The van der Waals surface area contributed by atoms with Crippen molar-refractivity contribution in [2.75, 3.05) is 0 Å². The fraction of sp³-hybridized carbons (Fsp3) is 0.0714. The Kier molecular flexibility index (Phi) is 4.72. The minimum Gasteiger partial charge on any atom is -0.508 e. The van der Waals surface area contributed by atoms with E-state index in [1.807, 2.05) is 0 Å². The third-order valence-corrected chi connectivity index (χ3v) is 4.58. The van der Waals surface area contributed by atoms with Gasteiger partial charge in [-0.1, -0.05) is 15.9 Å². The number of phenolic OH excluding ortho intramolecular Hbond substituents is 2. The molecule has 0 fully saturated rings. The van der Waals surface area contributed by atoms with Crippen LogP contribution < -0.4 is 4.83 Å². The summed E-state index contributed by atoms with van der Waals surface area (Å²) in [5, 5.41) is 22.7. The van der Waals surface area contributed by atoms with Crippen molar-refractivity contribution < 1.29 is 18.6 Å². The van der Waals surface area contributed by atoms with E-state index < -0.39 is 10.0 Å². The molecule has 0 aliphatic heterocycles. The lowest BCUT2D eigenvalue weighted by molar-refractivity contribution is 0.450. The summed E-state index contributed by atoms with van der Waals surface area (Å²) in [7, 11) is -3.79. The number of hydrogen-bond acceptors (Lipinski definition) is 5. The standard InChI is InChI=1S/C14H13BrN2O4S/c1-9(13-7-4-11(18)8-14(13)19)16-17-22(20,21)12-5-2-10(15)3-6-12/h2-8,17-19H,1H3/b16-9+. The quantitative estimate of drug-likeness (QED) is 0.557. The molecule has 116 valence electrons. The van der Waals surface area contributed by atoms with Crippen LogP contribution >= 0.6 is 15.9 Å². The predicted molar refractivity (Wildman–Crippen MR) is 86.4 cm³/mol. The number of benzene rings is 2. The second-order valence-electron chi connectivity index (χ2n) is 4.45. The van der Waals surface area contributed by atoms with Crippen LogP contribution in [-0.4, -0.2) is 24.3 Å². The number of halogens is 1. The average Bonchev–Trinajstić information content (AvgIpc) is 2.45. The number of rotatable bonds is 4. The summed E-state index contributed by atoms with van der Waals surface area (Å²) < 4.78 is 24.9. The van der Waals surface area contributed by atoms with Crippen LogP contribution in [0.1, 0.15) is 12.5 Å². The Bertz CT molecular complexity index is 817. The summed E-state index contributed by atoms with van der Waals surface area (Å²) >= 11 is 3.23. The van der Waals surface area contributed by atoms with E-state index in [0.717, 1.165) is 10.5 Å². The molecule has 2 rings (SSSR count).